The normalized spacial score (nSPS) is 15.9. The topological polar surface area (TPSA) is 83.6 Å². The first kappa shape index (κ1) is 31.7. The zero-order chi connectivity index (χ0) is 26.8. The number of unbranched alkanes of at least 4 members (excludes halogenated alkanes) is 15. The molecule has 0 bridgehead atoms. The SMILES string of the molecule is CCCCCCCCCCCCCCCCCCNC(=O)CN1C(=O)CSC1S(=O)(=O)c1ccccc1. The second kappa shape index (κ2) is 18.7. The lowest BCUT2D eigenvalue weighted by Crippen LogP contribution is -2.44. The van der Waals surface area contributed by atoms with Crippen LogP contribution in [0.25, 0.3) is 0 Å². The molecule has 210 valence electrons. The van der Waals surface area contributed by atoms with Crippen molar-refractivity contribution in [3.63, 3.8) is 0 Å². The van der Waals surface area contributed by atoms with Crippen molar-refractivity contribution >= 4 is 33.4 Å². The molecule has 1 aromatic carbocycles. The van der Waals surface area contributed by atoms with Crippen LogP contribution in [0.1, 0.15) is 110 Å². The zero-order valence-corrected chi connectivity index (χ0v) is 24.4. The minimum absolute atomic E-state index is 0.0726. The highest BCUT2D eigenvalue weighted by Crippen LogP contribution is 2.33. The quantitative estimate of drug-likeness (QED) is 0.172. The first-order valence-corrected chi connectivity index (χ1v) is 17.0. The Bertz CT molecular complexity index is 877. The Morgan fingerprint density at radius 1 is 0.838 bits per heavy atom. The summed E-state index contributed by atoms with van der Waals surface area (Å²) in [5.41, 5.74) is 0. The van der Waals surface area contributed by atoms with E-state index in [0.29, 0.717) is 6.54 Å². The molecule has 0 spiro atoms. The molecule has 1 saturated heterocycles. The van der Waals surface area contributed by atoms with Crippen molar-refractivity contribution in [2.75, 3.05) is 18.8 Å². The Labute approximate surface area is 229 Å². The zero-order valence-electron chi connectivity index (χ0n) is 22.8. The minimum Gasteiger partial charge on any atom is -0.355 e. The van der Waals surface area contributed by atoms with Crippen molar-refractivity contribution in [2.45, 2.75) is 119 Å². The van der Waals surface area contributed by atoms with E-state index in [1.165, 1.54) is 107 Å². The van der Waals surface area contributed by atoms with Gasteiger partial charge in [0.15, 0.2) is 4.71 Å². The van der Waals surface area contributed by atoms with E-state index >= 15 is 0 Å². The molecule has 1 aliphatic heterocycles. The van der Waals surface area contributed by atoms with Crippen LogP contribution in [0.3, 0.4) is 0 Å². The third-order valence-electron chi connectivity index (χ3n) is 6.93. The Hall–Kier alpha value is -1.54. The molecular weight excluding hydrogens is 504 g/mol. The van der Waals surface area contributed by atoms with Crippen LogP contribution in [0, 0.1) is 0 Å². The maximum atomic E-state index is 13.0. The monoisotopic (exact) mass is 552 g/mol. The third-order valence-corrected chi connectivity index (χ3v) is 10.8. The standard InChI is InChI=1S/C29H48N2O4S2/c1-2-3-4-5-6-7-8-9-10-11-12-13-14-15-16-20-23-30-27(32)24-31-28(33)25-36-29(31)37(34,35)26-21-18-17-19-22-26/h17-19,21-22,29H,2-16,20,23-25H2,1H3,(H,30,32). The van der Waals surface area contributed by atoms with Crippen LogP contribution < -0.4 is 5.32 Å². The van der Waals surface area contributed by atoms with Crippen molar-refractivity contribution in [3.05, 3.63) is 30.3 Å². The van der Waals surface area contributed by atoms with Crippen LogP contribution in [0.15, 0.2) is 35.2 Å². The van der Waals surface area contributed by atoms with Crippen LogP contribution in [0.5, 0.6) is 0 Å². The molecule has 2 rings (SSSR count). The van der Waals surface area contributed by atoms with E-state index in [1.807, 2.05) is 0 Å². The Kier molecular flexibility index (Phi) is 16.0. The van der Waals surface area contributed by atoms with Crippen molar-refractivity contribution in [2.24, 2.45) is 0 Å². The number of benzene rings is 1. The summed E-state index contributed by atoms with van der Waals surface area (Å²) in [7, 11) is -3.73. The molecule has 1 fully saturated rings. The molecule has 8 heteroatoms. The van der Waals surface area contributed by atoms with E-state index < -0.39 is 14.5 Å². The number of nitrogens with one attached hydrogen (secondary N) is 1. The van der Waals surface area contributed by atoms with Crippen LogP contribution in [-0.2, 0) is 19.4 Å². The molecule has 37 heavy (non-hydrogen) atoms. The van der Waals surface area contributed by atoms with E-state index in [9.17, 15) is 18.0 Å². The number of sulfone groups is 1. The average Bonchev–Trinajstić information content (AvgIpc) is 3.26. The van der Waals surface area contributed by atoms with E-state index in [1.54, 1.807) is 18.2 Å². The summed E-state index contributed by atoms with van der Waals surface area (Å²) >= 11 is 1.06. The first-order chi connectivity index (χ1) is 18.0. The summed E-state index contributed by atoms with van der Waals surface area (Å²) in [6, 6.07) is 8.10. The number of nitrogens with zero attached hydrogens (tertiary/aromatic N) is 1. The molecule has 0 saturated carbocycles. The lowest BCUT2D eigenvalue weighted by molar-refractivity contribution is -0.132. The highest BCUT2D eigenvalue weighted by Gasteiger charge is 2.42. The molecular formula is C29H48N2O4S2. The average molecular weight is 553 g/mol. The van der Waals surface area contributed by atoms with Gasteiger partial charge in [-0.15, -0.1) is 11.8 Å². The highest BCUT2D eigenvalue weighted by molar-refractivity contribution is 8.14. The Morgan fingerprint density at radius 2 is 1.32 bits per heavy atom. The second-order valence-electron chi connectivity index (χ2n) is 10.2. The molecule has 6 nitrogen and oxygen atoms in total. The Balaban J connectivity index is 1.48. The first-order valence-electron chi connectivity index (χ1n) is 14.4. The largest absolute Gasteiger partial charge is 0.355 e. The number of carbonyl (C=O) groups excluding carboxylic acids is 2. The Morgan fingerprint density at radius 3 is 1.84 bits per heavy atom. The summed E-state index contributed by atoms with van der Waals surface area (Å²) < 4.78 is 24.9. The third kappa shape index (κ3) is 12.2. The lowest BCUT2D eigenvalue weighted by Gasteiger charge is -2.23. The molecule has 2 amide bonds. The fraction of sp³-hybridized carbons (Fsp3) is 0.724. The van der Waals surface area contributed by atoms with Crippen LogP contribution >= 0.6 is 11.8 Å². The van der Waals surface area contributed by atoms with Crippen molar-refractivity contribution < 1.29 is 18.0 Å². The van der Waals surface area contributed by atoms with Crippen LogP contribution in [-0.4, -0.2) is 48.7 Å². The van der Waals surface area contributed by atoms with Gasteiger partial charge in [0.05, 0.1) is 10.6 Å². The van der Waals surface area contributed by atoms with Gasteiger partial charge in [0.25, 0.3) is 0 Å². The van der Waals surface area contributed by atoms with E-state index in [0.717, 1.165) is 24.6 Å². The molecule has 1 unspecified atom stereocenters. The number of thioether (sulfide) groups is 1. The van der Waals surface area contributed by atoms with Gasteiger partial charge in [-0.1, -0.05) is 121 Å². The van der Waals surface area contributed by atoms with Crippen LogP contribution in [0.4, 0.5) is 0 Å². The highest BCUT2D eigenvalue weighted by atomic mass is 32.3. The van der Waals surface area contributed by atoms with E-state index in [-0.39, 0.29) is 29.0 Å². The summed E-state index contributed by atoms with van der Waals surface area (Å²) in [6.45, 7) is 2.60. The van der Waals surface area contributed by atoms with E-state index in [4.69, 9.17) is 0 Å². The van der Waals surface area contributed by atoms with Crippen molar-refractivity contribution in [1.82, 2.24) is 10.2 Å². The number of hydrogen-bond donors (Lipinski definition) is 1. The molecule has 0 aromatic heterocycles. The fourth-order valence-electron chi connectivity index (χ4n) is 4.69. The molecule has 1 atom stereocenters. The lowest BCUT2D eigenvalue weighted by atomic mass is 10.0. The molecule has 0 radical (unpaired) electrons. The minimum atomic E-state index is -3.73. The van der Waals surface area contributed by atoms with Gasteiger partial charge in [0.1, 0.15) is 6.54 Å². The molecule has 1 N–H and O–H groups in total. The maximum Gasteiger partial charge on any atom is 0.239 e. The number of rotatable bonds is 21. The summed E-state index contributed by atoms with van der Waals surface area (Å²) in [4.78, 5) is 26.1. The number of hydrogen-bond acceptors (Lipinski definition) is 5. The van der Waals surface area contributed by atoms with Crippen molar-refractivity contribution in [3.8, 4) is 0 Å². The summed E-state index contributed by atoms with van der Waals surface area (Å²) in [5.74, 6) is -0.541. The van der Waals surface area contributed by atoms with Gasteiger partial charge >= 0.3 is 0 Å². The summed E-state index contributed by atoms with van der Waals surface area (Å²) in [5, 5.41) is 2.85. The maximum absolute atomic E-state index is 13.0. The summed E-state index contributed by atoms with van der Waals surface area (Å²) in [6.07, 6.45) is 20.8. The van der Waals surface area contributed by atoms with Gasteiger partial charge in [-0.25, -0.2) is 8.42 Å². The number of amides is 2. The predicted octanol–water partition coefficient (Wildman–Crippen LogP) is 6.70. The molecule has 1 aromatic rings. The van der Waals surface area contributed by atoms with Crippen molar-refractivity contribution in [1.29, 1.82) is 0 Å². The van der Waals surface area contributed by atoms with Gasteiger partial charge in [0, 0.05) is 6.54 Å². The second-order valence-corrected chi connectivity index (χ2v) is 13.5. The molecule has 0 aliphatic carbocycles. The molecule has 1 heterocycles. The smallest absolute Gasteiger partial charge is 0.239 e. The predicted molar refractivity (Wildman–Crippen MR) is 154 cm³/mol. The van der Waals surface area contributed by atoms with Crippen LogP contribution in [0.2, 0.25) is 0 Å². The van der Waals surface area contributed by atoms with E-state index in [2.05, 4.69) is 12.2 Å². The fourth-order valence-corrected chi connectivity index (χ4v) is 8.06. The van der Waals surface area contributed by atoms with Gasteiger partial charge in [-0.3, -0.25) is 9.59 Å². The van der Waals surface area contributed by atoms with Gasteiger partial charge in [-0.2, -0.15) is 0 Å². The van der Waals surface area contributed by atoms with Gasteiger partial charge < -0.3 is 10.2 Å². The number of carbonyl (C=O) groups is 2. The van der Waals surface area contributed by atoms with Gasteiger partial charge in [-0.05, 0) is 18.6 Å². The van der Waals surface area contributed by atoms with Gasteiger partial charge in [0.2, 0.25) is 21.7 Å². The molecule has 1 aliphatic rings.